The van der Waals surface area contributed by atoms with Gasteiger partial charge >= 0.3 is 0 Å². The Balaban J connectivity index is 1.46. The zero-order chi connectivity index (χ0) is 17.8. The van der Waals surface area contributed by atoms with Crippen LogP contribution in [0.1, 0.15) is 38.6 Å². The maximum absolute atomic E-state index is 12.3. The molecular formula is C17H19N3O4S. The summed E-state index contributed by atoms with van der Waals surface area (Å²) in [6.07, 6.45) is 2.57. The van der Waals surface area contributed by atoms with E-state index >= 15 is 0 Å². The molecule has 3 rings (SSSR count). The predicted molar refractivity (Wildman–Crippen MR) is 92.0 cm³/mol. The lowest BCUT2D eigenvalue weighted by atomic mass is 9.96. The van der Waals surface area contributed by atoms with Crippen molar-refractivity contribution in [2.75, 3.05) is 13.1 Å². The summed E-state index contributed by atoms with van der Waals surface area (Å²) in [5.74, 6) is -0.370. The number of likely N-dealkylation sites (tertiary alicyclic amines) is 1. The normalized spacial score (nSPS) is 15.0. The fourth-order valence-electron chi connectivity index (χ4n) is 2.81. The highest BCUT2D eigenvalue weighted by Crippen LogP contribution is 2.20. The van der Waals surface area contributed by atoms with E-state index in [1.807, 2.05) is 11.4 Å². The molecule has 25 heavy (non-hydrogen) atoms. The van der Waals surface area contributed by atoms with Crippen LogP contribution in [0.2, 0.25) is 0 Å². The van der Waals surface area contributed by atoms with Gasteiger partial charge in [-0.3, -0.25) is 25.2 Å². The van der Waals surface area contributed by atoms with Crippen LogP contribution in [-0.4, -0.2) is 35.7 Å². The molecular weight excluding hydrogens is 342 g/mol. The van der Waals surface area contributed by atoms with Crippen LogP contribution in [0.15, 0.2) is 34.3 Å². The van der Waals surface area contributed by atoms with Crippen LogP contribution in [0.3, 0.4) is 0 Å². The number of hydrazine groups is 1. The van der Waals surface area contributed by atoms with Crippen molar-refractivity contribution in [2.24, 2.45) is 5.92 Å². The monoisotopic (exact) mass is 361 g/mol. The number of hydrogen-bond acceptors (Lipinski definition) is 5. The molecule has 1 fully saturated rings. The van der Waals surface area contributed by atoms with Crippen LogP contribution in [0.25, 0.3) is 0 Å². The summed E-state index contributed by atoms with van der Waals surface area (Å²) in [7, 11) is 0. The summed E-state index contributed by atoms with van der Waals surface area (Å²) in [5, 5.41) is 1.87. The molecule has 0 spiro atoms. The zero-order valence-electron chi connectivity index (χ0n) is 13.8. The summed E-state index contributed by atoms with van der Waals surface area (Å²) in [5.41, 5.74) is 5.25. The number of aryl methyl sites for hydroxylation is 1. The number of carbonyl (C=O) groups is 3. The van der Waals surface area contributed by atoms with Gasteiger partial charge in [0, 0.05) is 19.0 Å². The SMILES string of the molecule is Cc1occc1C(=O)NNC(=O)C1CCN(C(=O)c2cccs2)CC1. The van der Waals surface area contributed by atoms with Gasteiger partial charge in [-0.2, -0.15) is 0 Å². The number of thiophene rings is 1. The maximum atomic E-state index is 12.3. The first-order valence-electron chi connectivity index (χ1n) is 8.03. The number of amides is 3. The van der Waals surface area contributed by atoms with Gasteiger partial charge in [-0.25, -0.2) is 0 Å². The van der Waals surface area contributed by atoms with E-state index in [4.69, 9.17) is 4.42 Å². The van der Waals surface area contributed by atoms with E-state index in [0.29, 0.717) is 42.1 Å². The lowest BCUT2D eigenvalue weighted by Crippen LogP contribution is -2.48. The molecule has 8 heteroatoms. The first kappa shape index (κ1) is 17.2. The predicted octanol–water partition coefficient (Wildman–Crippen LogP) is 1.96. The molecule has 3 amide bonds. The number of rotatable bonds is 3. The highest BCUT2D eigenvalue weighted by molar-refractivity contribution is 7.12. The lowest BCUT2D eigenvalue weighted by Gasteiger charge is -2.31. The third-order valence-electron chi connectivity index (χ3n) is 4.29. The van der Waals surface area contributed by atoms with Crippen molar-refractivity contribution in [2.45, 2.75) is 19.8 Å². The van der Waals surface area contributed by atoms with Gasteiger partial charge in [0.05, 0.1) is 16.7 Å². The Morgan fingerprint density at radius 1 is 1.20 bits per heavy atom. The average Bonchev–Trinajstić information content (AvgIpc) is 3.30. The standard InChI is InChI=1S/C17H19N3O4S/c1-11-13(6-9-24-11)16(22)19-18-15(21)12-4-7-20(8-5-12)17(23)14-3-2-10-25-14/h2-3,6,9-10,12H,4-5,7-8H2,1H3,(H,18,21)(H,19,22). The molecule has 0 bridgehead atoms. The second-order valence-corrected chi connectivity index (χ2v) is 6.83. The quantitative estimate of drug-likeness (QED) is 0.818. The Morgan fingerprint density at radius 3 is 2.56 bits per heavy atom. The van der Waals surface area contributed by atoms with Crippen molar-refractivity contribution in [3.05, 3.63) is 46.0 Å². The second-order valence-electron chi connectivity index (χ2n) is 5.88. The molecule has 1 saturated heterocycles. The van der Waals surface area contributed by atoms with Crippen molar-refractivity contribution in [1.82, 2.24) is 15.8 Å². The molecule has 7 nitrogen and oxygen atoms in total. The Kier molecular flexibility index (Phi) is 5.18. The molecule has 0 radical (unpaired) electrons. The minimum atomic E-state index is -0.412. The molecule has 2 aromatic heterocycles. The van der Waals surface area contributed by atoms with Gasteiger partial charge in [-0.05, 0) is 37.3 Å². The number of carbonyl (C=O) groups excluding carboxylic acids is 3. The second kappa shape index (κ2) is 7.52. The molecule has 0 unspecified atom stereocenters. The molecule has 0 aliphatic carbocycles. The smallest absolute Gasteiger partial charge is 0.273 e. The van der Waals surface area contributed by atoms with Gasteiger partial charge in [-0.15, -0.1) is 11.3 Å². The van der Waals surface area contributed by atoms with Crippen molar-refractivity contribution in [3.8, 4) is 0 Å². The molecule has 0 aromatic carbocycles. The average molecular weight is 361 g/mol. The Morgan fingerprint density at radius 2 is 1.96 bits per heavy atom. The third-order valence-corrected chi connectivity index (χ3v) is 5.15. The summed E-state index contributed by atoms with van der Waals surface area (Å²) in [6, 6.07) is 5.20. The van der Waals surface area contributed by atoms with Crippen LogP contribution < -0.4 is 10.9 Å². The Labute approximate surface area is 149 Å². The third kappa shape index (κ3) is 3.90. The zero-order valence-corrected chi connectivity index (χ0v) is 14.6. The number of hydrogen-bond donors (Lipinski definition) is 2. The van der Waals surface area contributed by atoms with E-state index in [1.54, 1.807) is 24.0 Å². The molecule has 2 N–H and O–H groups in total. The van der Waals surface area contributed by atoms with Crippen molar-refractivity contribution >= 4 is 29.1 Å². The van der Waals surface area contributed by atoms with Crippen LogP contribution in [0, 0.1) is 12.8 Å². The van der Waals surface area contributed by atoms with Gasteiger partial charge in [0.15, 0.2) is 0 Å². The van der Waals surface area contributed by atoms with E-state index in [0.717, 1.165) is 0 Å². The number of nitrogens with one attached hydrogen (secondary N) is 2. The molecule has 0 atom stereocenters. The summed E-state index contributed by atoms with van der Waals surface area (Å²) in [4.78, 5) is 38.9. The first-order valence-corrected chi connectivity index (χ1v) is 8.91. The van der Waals surface area contributed by atoms with E-state index in [-0.39, 0.29) is 17.7 Å². The summed E-state index contributed by atoms with van der Waals surface area (Å²) >= 11 is 1.42. The molecule has 1 aliphatic rings. The fraction of sp³-hybridized carbons (Fsp3) is 0.353. The number of furan rings is 1. The van der Waals surface area contributed by atoms with Gasteiger partial charge in [0.2, 0.25) is 5.91 Å². The summed E-state index contributed by atoms with van der Waals surface area (Å²) in [6.45, 7) is 2.74. The Bertz CT molecular complexity index is 761. The molecule has 3 heterocycles. The van der Waals surface area contributed by atoms with E-state index in [2.05, 4.69) is 10.9 Å². The lowest BCUT2D eigenvalue weighted by molar-refractivity contribution is -0.127. The number of nitrogens with zero attached hydrogens (tertiary/aromatic N) is 1. The van der Waals surface area contributed by atoms with E-state index in [9.17, 15) is 14.4 Å². The largest absolute Gasteiger partial charge is 0.469 e. The first-order chi connectivity index (χ1) is 12.1. The van der Waals surface area contributed by atoms with Crippen LogP contribution in [0.4, 0.5) is 0 Å². The molecule has 132 valence electrons. The van der Waals surface area contributed by atoms with Crippen molar-refractivity contribution in [3.63, 3.8) is 0 Å². The molecule has 2 aromatic rings. The molecule has 1 aliphatic heterocycles. The van der Waals surface area contributed by atoms with Gasteiger partial charge in [0.1, 0.15) is 5.76 Å². The van der Waals surface area contributed by atoms with Gasteiger partial charge in [-0.1, -0.05) is 6.07 Å². The minimum absolute atomic E-state index is 0.0117. The molecule has 0 saturated carbocycles. The highest BCUT2D eigenvalue weighted by atomic mass is 32.1. The van der Waals surface area contributed by atoms with Crippen LogP contribution >= 0.6 is 11.3 Å². The van der Waals surface area contributed by atoms with E-state index < -0.39 is 5.91 Å². The van der Waals surface area contributed by atoms with Crippen LogP contribution in [-0.2, 0) is 4.79 Å². The minimum Gasteiger partial charge on any atom is -0.469 e. The highest BCUT2D eigenvalue weighted by Gasteiger charge is 2.28. The maximum Gasteiger partial charge on any atom is 0.273 e. The van der Waals surface area contributed by atoms with E-state index in [1.165, 1.54) is 17.6 Å². The summed E-state index contributed by atoms with van der Waals surface area (Å²) < 4.78 is 5.06. The van der Waals surface area contributed by atoms with Crippen molar-refractivity contribution < 1.29 is 18.8 Å². The topological polar surface area (TPSA) is 91.7 Å². The number of piperidine rings is 1. The van der Waals surface area contributed by atoms with Crippen LogP contribution in [0.5, 0.6) is 0 Å². The Hall–Kier alpha value is -2.61. The van der Waals surface area contributed by atoms with Gasteiger partial charge in [0.25, 0.3) is 11.8 Å². The fourth-order valence-corrected chi connectivity index (χ4v) is 3.50. The van der Waals surface area contributed by atoms with Crippen molar-refractivity contribution in [1.29, 1.82) is 0 Å². The van der Waals surface area contributed by atoms with Gasteiger partial charge < -0.3 is 9.32 Å².